The molecular weight excluding hydrogens is 546 g/mol. The van der Waals surface area contributed by atoms with Crippen molar-refractivity contribution in [2.75, 3.05) is 0 Å². The lowest BCUT2D eigenvalue weighted by atomic mass is 10.0. The van der Waals surface area contributed by atoms with Gasteiger partial charge in [-0.3, -0.25) is 9.47 Å². The number of carbonyl (C=O) groups is 1. The summed E-state index contributed by atoms with van der Waals surface area (Å²) in [5, 5.41) is 10.5. The van der Waals surface area contributed by atoms with Gasteiger partial charge in [-0.15, -0.1) is 0 Å². The molecule has 2 aromatic carbocycles. The van der Waals surface area contributed by atoms with E-state index in [1.165, 1.54) is 10.8 Å². The van der Waals surface area contributed by atoms with E-state index < -0.39 is 14.4 Å². The monoisotopic (exact) mass is 587 g/mol. The van der Waals surface area contributed by atoms with Gasteiger partial charge in [0.15, 0.2) is 8.32 Å². The molecule has 1 aliphatic heterocycles. The van der Waals surface area contributed by atoms with Crippen LogP contribution in [0.3, 0.4) is 0 Å². The summed E-state index contributed by atoms with van der Waals surface area (Å²) < 4.78 is 8.51. The maximum Gasteiger partial charge on any atom is 0.407 e. The van der Waals surface area contributed by atoms with E-state index in [0.717, 1.165) is 35.0 Å². The SMILES string of the molecule is C[C@@H](c1nc2ccc(C[C@@H]3CC[C@H](C(O[Si](C)(C)C(C)(C)C)c4ccccc4)N3C(=O)O)cc2[nH]1)n1cccnc1=O. The summed E-state index contributed by atoms with van der Waals surface area (Å²) in [6.07, 6.45) is 4.02. The second-order valence-electron chi connectivity index (χ2n) is 12.9. The first-order valence-corrected chi connectivity index (χ1v) is 17.5. The summed E-state index contributed by atoms with van der Waals surface area (Å²) in [4.78, 5) is 38.6. The summed E-state index contributed by atoms with van der Waals surface area (Å²) in [5.41, 5.74) is 3.37. The molecule has 4 atom stereocenters. The van der Waals surface area contributed by atoms with E-state index in [2.05, 4.69) is 56.0 Å². The molecule has 222 valence electrons. The Morgan fingerprint density at radius 3 is 2.55 bits per heavy atom. The Morgan fingerprint density at radius 1 is 1.14 bits per heavy atom. The lowest BCUT2D eigenvalue weighted by molar-refractivity contribution is 0.0598. The van der Waals surface area contributed by atoms with Crippen molar-refractivity contribution in [3.63, 3.8) is 0 Å². The minimum Gasteiger partial charge on any atom is -0.465 e. The number of imidazole rings is 1. The zero-order valence-electron chi connectivity index (χ0n) is 25.2. The van der Waals surface area contributed by atoms with Crippen LogP contribution in [0.25, 0.3) is 11.0 Å². The molecule has 0 spiro atoms. The van der Waals surface area contributed by atoms with Crippen LogP contribution in [0, 0.1) is 0 Å². The number of aromatic amines is 1. The predicted molar refractivity (Wildman–Crippen MR) is 166 cm³/mol. The van der Waals surface area contributed by atoms with Crippen LogP contribution >= 0.6 is 0 Å². The van der Waals surface area contributed by atoms with Gasteiger partial charge in [0, 0.05) is 18.4 Å². The number of aromatic nitrogens is 4. The molecule has 0 bridgehead atoms. The van der Waals surface area contributed by atoms with Gasteiger partial charge in [-0.05, 0) is 73.6 Å². The average molecular weight is 588 g/mol. The van der Waals surface area contributed by atoms with E-state index in [4.69, 9.17) is 9.41 Å². The molecule has 5 rings (SSSR count). The van der Waals surface area contributed by atoms with Crippen LogP contribution in [0.15, 0.2) is 71.8 Å². The number of amides is 1. The third-order valence-corrected chi connectivity index (χ3v) is 13.5. The third kappa shape index (κ3) is 5.91. The molecule has 0 saturated carbocycles. The van der Waals surface area contributed by atoms with E-state index in [1.807, 2.05) is 43.3 Å². The number of nitrogens with zero attached hydrogens (tertiary/aromatic N) is 4. The van der Waals surface area contributed by atoms with E-state index in [1.54, 1.807) is 17.2 Å². The molecule has 3 heterocycles. The fourth-order valence-corrected chi connectivity index (χ4v) is 6.96. The van der Waals surface area contributed by atoms with Crippen LogP contribution in [0.2, 0.25) is 18.1 Å². The molecule has 42 heavy (non-hydrogen) atoms. The van der Waals surface area contributed by atoms with Gasteiger partial charge in [0.25, 0.3) is 0 Å². The molecule has 1 aliphatic rings. The van der Waals surface area contributed by atoms with Crippen molar-refractivity contribution in [3.8, 4) is 0 Å². The zero-order chi connectivity index (χ0) is 30.2. The Bertz CT molecular complexity index is 1610. The zero-order valence-corrected chi connectivity index (χ0v) is 26.2. The predicted octanol–water partition coefficient (Wildman–Crippen LogP) is 6.55. The molecule has 0 aliphatic carbocycles. The largest absolute Gasteiger partial charge is 0.465 e. The van der Waals surface area contributed by atoms with Gasteiger partial charge in [0.05, 0.1) is 29.2 Å². The first-order valence-electron chi connectivity index (χ1n) is 14.6. The summed E-state index contributed by atoms with van der Waals surface area (Å²) in [5.74, 6) is 0.666. The number of carboxylic acid groups (broad SMARTS) is 1. The summed E-state index contributed by atoms with van der Waals surface area (Å²) >= 11 is 0. The number of hydrogen-bond acceptors (Lipinski definition) is 5. The molecule has 1 fully saturated rings. The molecule has 0 radical (unpaired) electrons. The van der Waals surface area contributed by atoms with E-state index in [9.17, 15) is 14.7 Å². The van der Waals surface area contributed by atoms with Crippen LogP contribution in [-0.2, 0) is 10.8 Å². The highest BCUT2D eigenvalue weighted by Gasteiger charge is 2.46. The fraction of sp³-hybridized carbons (Fsp3) is 0.438. The van der Waals surface area contributed by atoms with Gasteiger partial charge in [0.2, 0.25) is 0 Å². The molecule has 2 aromatic heterocycles. The van der Waals surface area contributed by atoms with Gasteiger partial charge < -0.3 is 14.5 Å². The number of nitrogens with one attached hydrogen (secondary N) is 1. The van der Waals surface area contributed by atoms with E-state index >= 15 is 0 Å². The number of benzene rings is 2. The Morgan fingerprint density at radius 2 is 1.88 bits per heavy atom. The Hall–Kier alpha value is -3.76. The summed E-state index contributed by atoms with van der Waals surface area (Å²) in [6.45, 7) is 13.0. The molecule has 1 unspecified atom stereocenters. The second-order valence-corrected chi connectivity index (χ2v) is 17.6. The Kier molecular flexibility index (Phi) is 8.13. The fourth-order valence-electron chi connectivity index (χ4n) is 5.68. The summed E-state index contributed by atoms with van der Waals surface area (Å²) in [6, 6.07) is 17.0. The Balaban J connectivity index is 1.41. The van der Waals surface area contributed by atoms with Gasteiger partial charge in [-0.1, -0.05) is 57.2 Å². The highest BCUT2D eigenvalue weighted by molar-refractivity contribution is 6.74. The smallest absolute Gasteiger partial charge is 0.407 e. The Labute approximate surface area is 247 Å². The van der Waals surface area contributed by atoms with Gasteiger partial charge in [-0.2, -0.15) is 0 Å². The molecule has 9 nitrogen and oxygen atoms in total. The van der Waals surface area contributed by atoms with Crippen molar-refractivity contribution >= 4 is 25.4 Å². The number of rotatable bonds is 8. The number of hydrogen-bond donors (Lipinski definition) is 2. The third-order valence-electron chi connectivity index (χ3n) is 9.06. The lowest BCUT2D eigenvalue weighted by Gasteiger charge is -2.42. The van der Waals surface area contributed by atoms with Crippen LogP contribution in [0.4, 0.5) is 4.79 Å². The van der Waals surface area contributed by atoms with Crippen molar-refractivity contribution in [1.29, 1.82) is 0 Å². The van der Waals surface area contributed by atoms with Gasteiger partial charge in [-0.25, -0.2) is 19.6 Å². The standard InChI is InChI=1S/C32H41N5O4Si/c1-21(36-18-10-17-33-30(36)38)29-34-25-15-13-22(20-26(25)35-29)19-24-14-16-27(37(24)31(39)40)28(23-11-8-7-9-12-23)41-42(5,6)32(2,3)4/h7-13,15,17-18,20-21,24,27-28H,14,16,19H2,1-6H3,(H,34,35)(H,39,40)/t21-,24-,27+,28?/m0/s1. The molecule has 2 N–H and O–H groups in total. The highest BCUT2D eigenvalue weighted by Crippen LogP contribution is 2.44. The first-order chi connectivity index (χ1) is 19.9. The van der Waals surface area contributed by atoms with Crippen molar-refractivity contribution < 1.29 is 14.3 Å². The highest BCUT2D eigenvalue weighted by atomic mass is 28.4. The normalized spacial score (nSPS) is 19.2. The van der Waals surface area contributed by atoms with Crippen LogP contribution in [-0.4, -0.2) is 56.0 Å². The number of H-pyrrole nitrogens is 1. The van der Waals surface area contributed by atoms with Gasteiger partial charge >= 0.3 is 11.8 Å². The van der Waals surface area contributed by atoms with Crippen LogP contribution < -0.4 is 5.69 Å². The summed E-state index contributed by atoms with van der Waals surface area (Å²) in [7, 11) is -2.20. The molecule has 1 saturated heterocycles. The topological polar surface area (TPSA) is 113 Å². The van der Waals surface area contributed by atoms with Crippen molar-refractivity contribution in [2.45, 2.75) is 89.3 Å². The van der Waals surface area contributed by atoms with Crippen LogP contribution in [0.1, 0.15) is 69.6 Å². The molecular formula is C32H41N5O4Si. The minimum atomic E-state index is -2.20. The van der Waals surface area contributed by atoms with Crippen LogP contribution in [0.5, 0.6) is 0 Å². The first kappa shape index (κ1) is 29.7. The lowest BCUT2D eigenvalue weighted by Crippen LogP contribution is -2.49. The van der Waals surface area contributed by atoms with E-state index in [-0.39, 0.29) is 35.0 Å². The van der Waals surface area contributed by atoms with Crippen molar-refractivity contribution in [1.82, 2.24) is 24.4 Å². The maximum atomic E-state index is 12.8. The average Bonchev–Trinajstić information content (AvgIpc) is 3.56. The molecule has 4 aromatic rings. The second kappa shape index (κ2) is 11.5. The number of fused-ring (bicyclic) bond motifs is 1. The molecule has 10 heteroatoms. The maximum absolute atomic E-state index is 12.8. The van der Waals surface area contributed by atoms with Crippen molar-refractivity contribution in [3.05, 3.63) is 94.4 Å². The van der Waals surface area contributed by atoms with Crippen molar-refractivity contribution in [2.24, 2.45) is 0 Å². The number of likely N-dealkylation sites (tertiary alicyclic amines) is 1. The minimum absolute atomic E-state index is 0.00723. The van der Waals surface area contributed by atoms with Gasteiger partial charge in [0.1, 0.15) is 5.82 Å². The van der Waals surface area contributed by atoms with E-state index in [0.29, 0.717) is 12.2 Å². The molecule has 1 amide bonds. The quantitative estimate of drug-likeness (QED) is 0.226.